The molecule has 1 amide bonds. The quantitative estimate of drug-likeness (QED) is 0.216. The van der Waals surface area contributed by atoms with Crippen LogP contribution in [0.1, 0.15) is 55.0 Å². The summed E-state index contributed by atoms with van der Waals surface area (Å²) < 4.78 is 67.1. The van der Waals surface area contributed by atoms with Crippen LogP contribution in [0.3, 0.4) is 0 Å². The lowest BCUT2D eigenvalue weighted by atomic mass is 9.92. The van der Waals surface area contributed by atoms with Crippen LogP contribution in [0.5, 0.6) is 5.75 Å². The highest BCUT2D eigenvalue weighted by Crippen LogP contribution is 2.41. The van der Waals surface area contributed by atoms with Gasteiger partial charge >= 0.3 is 12.3 Å². The lowest BCUT2D eigenvalue weighted by Crippen LogP contribution is -2.32. The van der Waals surface area contributed by atoms with Crippen LogP contribution in [0.15, 0.2) is 54.9 Å². The van der Waals surface area contributed by atoms with Crippen LogP contribution in [0.4, 0.5) is 22.4 Å². The number of aromatic nitrogens is 1. The first-order valence-corrected chi connectivity index (χ1v) is 11.6. The molecule has 37 heavy (non-hydrogen) atoms. The molecule has 1 saturated heterocycles. The van der Waals surface area contributed by atoms with Crippen LogP contribution in [0.25, 0.3) is 11.1 Å². The number of amides is 1. The zero-order chi connectivity index (χ0) is 27.1. The van der Waals surface area contributed by atoms with E-state index in [1.54, 1.807) is 13.0 Å². The van der Waals surface area contributed by atoms with Gasteiger partial charge in [-0.3, -0.25) is 4.90 Å². The molecule has 2 unspecified atom stereocenters. The molecule has 0 saturated carbocycles. The van der Waals surface area contributed by atoms with Crippen LogP contribution < -0.4 is 9.47 Å². The monoisotopic (exact) mass is 518 g/mol. The molecule has 0 bridgehead atoms. The zero-order valence-corrected chi connectivity index (χ0v) is 20.7. The summed E-state index contributed by atoms with van der Waals surface area (Å²) in [6.45, 7) is 5.14. The SMILES string of the molecule is COc1cc(F)c(C(C)C)cc1-c1ccc(C(F)(F)F)cc1CN1C(=O)OC(c2cc[n+]([O-])cc2)C1C. The predicted octanol–water partition coefficient (Wildman–Crippen LogP) is 6.36. The van der Waals surface area contributed by atoms with E-state index in [4.69, 9.17) is 9.47 Å². The molecular weight excluding hydrogens is 492 g/mol. The van der Waals surface area contributed by atoms with Crippen molar-refractivity contribution < 1.29 is 36.6 Å². The topological polar surface area (TPSA) is 65.7 Å². The van der Waals surface area contributed by atoms with Gasteiger partial charge in [0.15, 0.2) is 12.4 Å². The maximum Gasteiger partial charge on any atom is 0.416 e. The fourth-order valence-corrected chi connectivity index (χ4v) is 4.51. The number of hydrogen-bond donors (Lipinski definition) is 0. The van der Waals surface area contributed by atoms with Crippen molar-refractivity contribution in [2.75, 3.05) is 7.11 Å². The standard InChI is InChI=1S/C27H26F4N2O4/c1-15(2)21-12-22(24(36-4)13-23(21)28)20-6-5-19(27(29,30)31)11-18(20)14-33-16(3)25(37-26(33)34)17-7-9-32(35)10-8-17/h5-13,15-16,25H,14H2,1-4H3. The van der Waals surface area contributed by atoms with E-state index in [-0.39, 0.29) is 23.8 Å². The molecule has 1 fully saturated rings. The maximum absolute atomic E-state index is 14.6. The van der Waals surface area contributed by atoms with Gasteiger partial charge in [0.25, 0.3) is 0 Å². The lowest BCUT2D eigenvalue weighted by molar-refractivity contribution is -0.605. The molecule has 0 radical (unpaired) electrons. The molecule has 1 aliphatic heterocycles. The van der Waals surface area contributed by atoms with Gasteiger partial charge in [-0.25, -0.2) is 9.18 Å². The Balaban J connectivity index is 1.79. The first-order chi connectivity index (χ1) is 17.4. The van der Waals surface area contributed by atoms with Gasteiger partial charge in [-0.2, -0.15) is 17.9 Å². The van der Waals surface area contributed by atoms with Gasteiger partial charge in [-0.15, -0.1) is 0 Å². The number of carbonyl (C=O) groups is 1. The summed E-state index contributed by atoms with van der Waals surface area (Å²) in [4.78, 5) is 14.2. The summed E-state index contributed by atoms with van der Waals surface area (Å²) in [7, 11) is 1.35. The fourth-order valence-electron chi connectivity index (χ4n) is 4.51. The molecule has 10 heteroatoms. The Bertz CT molecular complexity index is 1310. The Kier molecular flexibility index (Phi) is 7.03. The molecule has 1 aromatic heterocycles. The number of halogens is 4. The number of cyclic esters (lactones) is 1. The Morgan fingerprint density at radius 3 is 2.38 bits per heavy atom. The van der Waals surface area contributed by atoms with E-state index in [0.29, 0.717) is 27.0 Å². The molecule has 1 aliphatic rings. The molecule has 196 valence electrons. The maximum atomic E-state index is 14.6. The van der Waals surface area contributed by atoms with Crippen molar-refractivity contribution in [3.8, 4) is 16.9 Å². The Hall–Kier alpha value is -3.82. The number of methoxy groups -OCH3 is 1. The second-order valence-corrected chi connectivity index (χ2v) is 9.26. The molecule has 2 heterocycles. The molecule has 6 nitrogen and oxygen atoms in total. The van der Waals surface area contributed by atoms with Crippen molar-refractivity contribution in [2.45, 2.75) is 51.6 Å². The molecule has 0 spiro atoms. The van der Waals surface area contributed by atoms with Crippen molar-refractivity contribution in [1.82, 2.24) is 4.90 Å². The number of nitrogens with zero attached hydrogens (tertiary/aromatic N) is 2. The molecule has 0 aliphatic carbocycles. The van der Waals surface area contributed by atoms with Gasteiger partial charge in [0, 0.05) is 29.3 Å². The van der Waals surface area contributed by atoms with Gasteiger partial charge < -0.3 is 14.7 Å². The number of alkyl halides is 3. The van der Waals surface area contributed by atoms with Gasteiger partial charge in [0.1, 0.15) is 17.7 Å². The van der Waals surface area contributed by atoms with E-state index in [9.17, 15) is 27.6 Å². The Morgan fingerprint density at radius 1 is 1.11 bits per heavy atom. The van der Waals surface area contributed by atoms with E-state index < -0.39 is 35.8 Å². The van der Waals surface area contributed by atoms with Crippen molar-refractivity contribution in [1.29, 1.82) is 0 Å². The Labute approximate surface area is 211 Å². The predicted molar refractivity (Wildman–Crippen MR) is 127 cm³/mol. The van der Waals surface area contributed by atoms with Crippen molar-refractivity contribution >= 4 is 6.09 Å². The van der Waals surface area contributed by atoms with E-state index in [2.05, 4.69) is 0 Å². The van der Waals surface area contributed by atoms with Gasteiger partial charge in [-0.05, 0) is 47.7 Å². The minimum absolute atomic E-state index is 0.160. The van der Waals surface area contributed by atoms with E-state index in [1.165, 1.54) is 48.7 Å². The lowest BCUT2D eigenvalue weighted by Gasteiger charge is -2.24. The van der Waals surface area contributed by atoms with Gasteiger partial charge in [-0.1, -0.05) is 19.9 Å². The summed E-state index contributed by atoms with van der Waals surface area (Å²) in [5.41, 5.74) is 1.08. The first-order valence-electron chi connectivity index (χ1n) is 11.6. The molecule has 0 N–H and O–H groups in total. The number of rotatable bonds is 6. The molecule has 2 aromatic carbocycles. The molecular formula is C27H26F4N2O4. The zero-order valence-electron chi connectivity index (χ0n) is 20.7. The minimum Gasteiger partial charge on any atom is -0.619 e. The average molecular weight is 519 g/mol. The normalized spacial score (nSPS) is 17.9. The number of hydrogen-bond acceptors (Lipinski definition) is 4. The second-order valence-electron chi connectivity index (χ2n) is 9.26. The van der Waals surface area contributed by atoms with Crippen LogP contribution >= 0.6 is 0 Å². The summed E-state index contributed by atoms with van der Waals surface area (Å²) in [5, 5.41) is 11.4. The third-order valence-electron chi connectivity index (χ3n) is 6.55. The molecule has 2 atom stereocenters. The van der Waals surface area contributed by atoms with Crippen molar-refractivity contribution in [3.63, 3.8) is 0 Å². The van der Waals surface area contributed by atoms with Crippen LogP contribution in [0, 0.1) is 11.0 Å². The summed E-state index contributed by atoms with van der Waals surface area (Å²) in [6.07, 6.45) is -3.47. The number of benzene rings is 2. The van der Waals surface area contributed by atoms with Gasteiger partial charge in [0.2, 0.25) is 0 Å². The average Bonchev–Trinajstić information content (AvgIpc) is 3.12. The van der Waals surface area contributed by atoms with Gasteiger partial charge in [0.05, 0.1) is 25.3 Å². The summed E-state index contributed by atoms with van der Waals surface area (Å²) in [5.74, 6) is -0.505. The third-order valence-corrected chi connectivity index (χ3v) is 6.55. The number of carbonyl (C=O) groups excluding carboxylic acids is 1. The number of pyridine rings is 1. The van der Waals surface area contributed by atoms with E-state index >= 15 is 0 Å². The summed E-state index contributed by atoms with van der Waals surface area (Å²) >= 11 is 0. The van der Waals surface area contributed by atoms with Crippen LogP contribution in [0.2, 0.25) is 0 Å². The van der Waals surface area contributed by atoms with Crippen LogP contribution in [-0.2, 0) is 17.5 Å². The van der Waals surface area contributed by atoms with E-state index in [1.807, 2.05) is 13.8 Å². The number of ether oxygens (including phenoxy) is 2. The highest BCUT2D eigenvalue weighted by molar-refractivity contribution is 5.76. The largest absolute Gasteiger partial charge is 0.619 e. The second kappa shape index (κ2) is 9.91. The van der Waals surface area contributed by atoms with E-state index in [0.717, 1.165) is 12.1 Å². The third kappa shape index (κ3) is 5.19. The van der Waals surface area contributed by atoms with Crippen LogP contribution in [-0.4, -0.2) is 24.1 Å². The minimum atomic E-state index is -4.61. The first kappa shape index (κ1) is 26.2. The fraction of sp³-hybridized carbons (Fsp3) is 0.333. The highest BCUT2D eigenvalue weighted by atomic mass is 19.4. The smallest absolute Gasteiger partial charge is 0.416 e. The molecule has 3 aromatic rings. The summed E-state index contributed by atoms with van der Waals surface area (Å²) in [6, 6.07) is 8.55. The molecule has 4 rings (SSSR count). The highest BCUT2D eigenvalue weighted by Gasteiger charge is 2.41. The Morgan fingerprint density at radius 2 is 1.78 bits per heavy atom. The van der Waals surface area contributed by atoms with Crippen molar-refractivity contribution in [2.24, 2.45) is 0 Å². The van der Waals surface area contributed by atoms with Crippen molar-refractivity contribution in [3.05, 3.63) is 88.1 Å².